The van der Waals surface area contributed by atoms with E-state index in [1.807, 2.05) is 0 Å². The van der Waals surface area contributed by atoms with Crippen molar-refractivity contribution in [1.29, 1.82) is 0 Å². The molecule has 0 radical (unpaired) electrons. The van der Waals surface area contributed by atoms with Gasteiger partial charge in [0.2, 0.25) is 0 Å². The molecule has 0 saturated carbocycles. The molecule has 0 aliphatic heterocycles. The van der Waals surface area contributed by atoms with Crippen LogP contribution in [-0.2, 0) is 0 Å². The molecular weight excluding hydrogens is 389 g/mol. The van der Waals surface area contributed by atoms with Crippen LogP contribution in [0.4, 0.5) is 23.2 Å². The number of hydrogen-bond acceptors (Lipinski definition) is 3. The van der Waals surface area contributed by atoms with Crippen LogP contribution >= 0.6 is 23.2 Å². The molecule has 0 aliphatic rings. The van der Waals surface area contributed by atoms with Crippen LogP contribution in [0.3, 0.4) is 0 Å². The van der Waals surface area contributed by atoms with Gasteiger partial charge in [0, 0.05) is 11.3 Å². The number of halogens is 6. The van der Waals surface area contributed by atoms with E-state index in [0.717, 1.165) is 0 Å². The first-order chi connectivity index (χ1) is 11.8. The maximum absolute atomic E-state index is 12.3. The summed E-state index contributed by atoms with van der Waals surface area (Å²) in [5.41, 5.74) is 0.274. The van der Waals surface area contributed by atoms with Gasteiger partial charge in [0.1, 0.15) is 5.75 Å². The third kappa shape index (κ3) is 5.40. The Morgan fingerprint density at radius 2 is 1.44 bits per heavy atom. The number of ether oxygens (including phenoxy) is 2. The first-order valence-corrected chi connectivity index (χ1v) is 7.32. The Balaban J connectivity index is 2.12. The third-order valence-electron chi connectivity index (χ3n) is 2.80. The highest BCUT2D eigenvalue weighted by molar-refractivity contribution is 6.37. The van der Waals surface area contributed by atoms with E-state index in [1.54, 1.807) is 0 Å². The molecule has 0 saturated heterocycles. The zero-order valence-corrected chi connectivity index (χ0v) is 13.6. The van der Waals surface area contributed by atoms with Gasteiger partial charge < -0.3 is 14.8 Å². The second-order valence-corrected chi connectivity index (χ2v) is 5.32. The van der Waals surface area contributed by atoms with E-state index in [-0.39, 0.29) is 27.0 Å². The summed E-state index contributed by atoms with van der Waals surface area (Å²) in [5, 5.41) is 2.00. The minimum atomic E-state index is -3.11. The van der Waals surface area contributed by atoms with Crippen molar-refractivity contribution in [3.05, 3.63) is 52.0 Å². The molecule has 0 unspecified atom stereocenters. The summed E-state index contributed by atoms with van der Waals surface area (Å²) in [4.78, 5) is 12.1. The van der Waals surface area contributed by atoms with Crippen molar-refractivity contribution in [2.45, 2.75) is 13.2 Å². The van der Waals surface area contributed by atoms with Crippen LogP contribution in [0.25, 0.3) is 0 Å². The van der Waals surface area contributed by atoms with Gasteiger partial charge in [0.15, 0.2) is 5.75 Å². The second kappa shape index (κ2) is 8.26. The standard InChI is InChI=1S/C15H9Cl2F4NO3/c16-10-5-8(6-11(17)12(10)25-15(20)21)22-13(23)7-1-3-9(4-2-7)24-14(18)19/h1-6,14-15H,(H,22,23). The minimum Gasteiger partial charge on any atom is -0.435 e. The molecular formula is C15H9Cl2F4NO3. The molecule has 0 aromatic heterocycles. The Kier molecular flexibility index (Phi) is 6.33. The summed E-state index contributed by atoms with van der Waals surface area (Å²) in [6.45, 7) is -6.08. The molecule has 10 heteroatoms. The number of nitrogens with one attached hydrogen (secondary N) is 1. The van der Waals surface area contributed by atoms with Crippen molar-refractivity contribution in [3.8, 4) is 11.5 Å². The van der Waals surface area contributed by atoms with Gasteiger partial charge in [-0.05, 0) is 36.4 Å². The molecule has 0 aliphatic carbocycles. The highest BCUT2D eigenvalue weighted by atomic mass is 35.5. The molecule has 0 spiro atoms. The maximum atomic E-state index is 12.3. The molecule has 2 aromatic rings. The first-order valence-electron chi connectivity index (χ1n) is 6.56. The van der Waals surface area contributed by atoms with E-state index in [9.17, 15) is 22.4 Å². The summed E-state index contributed by atoms with van der Waals surface area (Å²) in [7, 11) is 0. The molecule has 0 atom stereocenters. The lowest BCUT2D eigenvalue weighted by molar-refractivity contribution is -0.0504. The Morgan fingerprint density at radius 1 is 0.920 bits per heavy atom. The lowest BCUT2D eigenvalue weighted by Gasteiger charge is -2.12. The molecule has 25 heavy (non-hydrogen) atoms. The van der Waals surface area contributed by atoms with E-state index in [4.69, 9.17) is 23.2 Å². The van der Waals surface area contributed by atoms with Gasteiger partial charge in [0.25, 0.3) is 5.91 Å². The van der Waals surface area contributed by atoms with Crippen LogP contribution in [0.15, 0.2) is 36.4 Å². The second-order valence-electron chi connectivity index (χ2n) is 4.50. The van der Waals surface area contributed by atoms with Gasteiger partial charge in [-0.15, -0.1) is 0 Å². The average Bonchev–Trinajstić information content (AvgIpc) is 2.51. The predicted molar refractivity (Wildman–Crippen MR) is 84.1 cm³/mol. The Hall–Kier alpha value is -2.19. The van der Waals surface area contributed by atoms with E-state index in [0.29, 0.717) is 0 Å². The van der Waals surface area contributed by atoms with Gasteiger partial charge in [-0.1, -0.05) is 23.2 Å². The number of benzene rings is 2. The Morgan fingerprint density at radius 3 is 1.92 bits per heavy atom. The summed E-state index contributed by atoms with van der Waals surface area (Å²) < 4.78 is 57.0. The molecule has 134 valence electrons. The van der Waals surface area contributed by atoms with Gasteiger partial charge in [0.05, 0.1) is 10.0 Å². The highest BCUT2D eigenvalue weighted by Gasteiger charge is 2.16. The summed E-state index contributed by atoms with van der Waals surface area (Å²) >= 11 is 11.6. The molecule has 2 aromatic carbocycles. The fourth-order valence-electron chi connectivity index (χ4n) is 1.82. The smallest absolute Gasteiger partial charge is 0.387 e. The zero-order valence-electron chi connectivity index (χ0n) is 12.1. The number of carbonyl (C=O) groups excluding carboxylic acids is 1. The van der Waals surface area contributed by atoms with Crippen LogP contribution in [-0.4, -0.2) is 19.1 Å². The fraction of sp³-hybridized carbons (Fsp3) is 0.133. The highest BCUT2D eigenvalue weighted by Crippen LogP contribution is 2.37. The first kappa shape index (κ1) is 19.1. The van der Waals surface area contributed by atoms with E-state index < -0.39 is 24.9 Å². The van der Waals surface area contributed by atoms with Crippen molar-refractivity contribution < 1.29 is 31.8 Å². The van der Waals surface area contributed by atoms with E-state index >= 15 is 0 Å². The largest absolute Gasteiger partial charge is 0.435 e. The van der Waals surface area contributed by atoms with Crippen LogP contribution in [0.1, 0.15) is 10.4 Å². The maximum Gasteiger partial charge on any atom is 0.387 e. The van der Waals surface area contributed by atoms with Gasteiger partial charge >= 0.3 is 13.2 Å². The lowest BCUT2D eigenvalue weighted by atomic mass is 10.2. The minimum absolute atomic E-state index is 0.105. The van der Waals surface area contributed by atoms with Gasteiger partial charge in [-0.3, -0.25) is 4.79 Å². The van der Waals surface area contributed by atoms with Crippen LogP contribution in [0.5, 0.6) is 11.5 Å². The number of rotatable bonds is 6. The van der Waals surface area contributed by atoms with Crippen LogP contribution < -0.4 is 14.8 Å². The zero-order chi connectivity index (χ0) is 18.6. The molecule has 0 heterocycles. The summed E-state index contributed by atoms with van der Waals surface area (Å²) in [6, 6.07) is 7.28. The van der Waals surface area contributed by atoms with Gasteiger partial charge in [-0.25, -0.2) is 0 Å². The van der Waals surface area contributed by atoms with Crippen LogP contribution in [0, 0.1) is 0 Å². The molecule has 1 N–H and O–H groups in total. The van der Waals surface area contributed by atoms with Crippen molar-refractivity contribution in [3.63, 3.8) is 0 Å². The molecule has 2 rings (SSSR count). The molecule has 0 fully saturated rings. The molecule has 1 amide bonds. The van der Waals surface area contributed by atoms with E-state index in [2.05, 4.69) is 14.8 Å². The number of amides is 1. The van der Waals surface area contributed by atoms with Crippen LogP contribution in [0.2, 0.25) is 10.0 Å². The van der Waals surface area contributed by atoms with Gasteiger partial charge in [-0.2, -0.15) is 17.6 Å². The van der Waals surface area contributed by atoms with E-state index in [1.165, 1.54) is 36.4 Å². The quantitative estimate of drug-likeness (QED) is 0.659. The normalized spacial score (nSPS) is 10.9. The fourth-order valence-corrected chi connectivity index (χ4v) is 2.40. The Labute approximate surface area is 149 Å². The number of carbonyl (C=O) groups is 1. The SMILES string of the molecule is O=C(Nc1cc(Cl)c(OC(F)F)c(Cl)c1)c1ccc(OC(F)F)cc1. The summed E-state index contributed by atoms with van der Waals surface area (Å²) in [6.07, 6.45) is 0. The number of hydrogen-bond donors (Lipinski definition) is 1. The van der Waals surface area contributed by atoms with Crippen molar-refractivity contribution in [1.82, 2.24) is 0 Å². The average molecular weight is 398 g/mol. The molecule has 0 bridgehead atoms. The topological polar surface area (TPSA) is 47.6 Å². The molecule has 4 nitrogen and oxygen atoms in total. The van der Waals surface area contributed by atoms with Crippen molar-refractivity contribution in [2.75, 3.05) is 5.32 Å². The summed E-state index contributed by atoms with van der Waals surface area (Å²) in [5.74, 6) is -1.12. The monoisotopic (exact) mass is 397 g/mol. The van der Waals surface area contributed by atoms with Crippen molar-refractivity contribution >= 4 is 34.8 Å². The Bertz CT molecular complexity index is 734. The number of alkyl halides is 4. The van der Waals surface area contributed by atoms with Crippen molar-refractivity contribution in [2.24, 2.45) is 0 Å². The lowest BCUT2D eigenvalue weighted by Crippen LogP contribution is -2.12. The predicted octanol–water partition coefficient (Wildman–Crippen LogP) is 5.45. The third-order valence-corrected chi connectivity index (χ3v) is 3.37. The number of anilines is 1.